The first-order chi connectivity index (χ1) is 8.78. The molecule has 0 aliphatic carbocycles. The lowest BCUT2D eigenvalue weighted by atomic mass is 9.91. The lowest BCUT2D eigenvalue weighted by Crippen LogP contribution is -2.45. The Labute approximate surface area is 113 Å². The van der Waals surface area contributed by atoms with E-state index in [1.807, 2.05) is 0 Å². The van der Waals surface area contributed by atoms with Crippen LogP contribution in [0.2, 0.25) is 0 Å². The number of carboxylic acids is 1. The summed E-state index contributed by atoms with van der Waals surface area (Å²) in [5.74, 6) is -0.679. The molecule has 1 amide bonds. The molecule has 1 atom stereocenters. The van der Waals surface area contributed by atoms with Gasteiger partial charge in [-0.3, -0.25) is 0 Å². The maximum atomic E-state index is 11.6. The number of hydrogen-bond acceptors (Lipinski definition) is 4. The molecule has 3 N–H and O–H groups in total. The van der Waals surface area contributed by atoms with Crippen LogP contribution in [-0.2, 0) is 9.53 Å². The van der Waals surface area contributed by atoms with Gasteiger partial charge in [0.2, 0.25) is 0 Å². The number of nitrogens with one attached hydrogen (secondary N) is 2. The summed E-state index contributed by atoms with van der Waals surface area (Å²) in [4.78, 5) is 22.8. The van der Waals surface area contributed by atoms with Crippen molar-refractivity contribution in [3.63, 3.8) is 0 Å². The number of carbonyl (C=O) groups is 2. The Bertz CT molecular complexity index is 319. The summed E-state index contributed by atoms with van der Waals surface area (Å²) in [6.07, 6.45) is 1.67. The number of amides is 1. The zero-order valence-electron chi connectivity index (χ0n) is 11.9. The Morgan fingerprint density at radius 3 is 2.42 bits per heavy atom. The van der Waals surface area contributed by atoms with Crippen LogP contribution in [-0.4, -0.2) is 41.9 Å². The van der Waals surface area contributed by atoms with Crippen LogP contribution in [0, 0.1) is 5.92 Å². The fourth-order valence-electron chi connectivity index (χ4n) is 2.12. The van der Waals surface area contributed by atoms with Crippen LogP contribution in [0.5, 0.6) is 0 Å². The monoisotopic (exact) mass is 272 g/mol. The third kappa shape index (κ3) is 6.42. The van der Waals surface area contributed by atoms with Crippen LogP contribution in [0.3, 0.4) is 0 Å². The number of rotatable bonds is 4. The highest BCUT2D eigenvalue weighted by Crippen LogP contribution is 2.18. The second-order valence-electron chi connectivity index (χ2n) is 5.97. The summed E-state index contributed by atoms with van der Waals surface area (Å²) in [5.41, 5.74) is -0.623. The maximum absolute atomic E-state index is 11.6. The molecular formula is C13H24N2O4. The van der Waals surface area contributed by atoms with Gasteiger partial charge in [-0.1, -0.05) is 0 Å². The van der Waals surface area contributed by atoms with Crippen molar-refractivity contribution in [2.45, 2.75) is 51.7 Å². The average Bonchev–Trinajstić information content (AvgIpc) is 2.26. The predicted molar refractivity (Wildman–Crippen MR) is 71.0 cm³/mol. The normalized spacial score (nSPS) is 18.7. The standard InChI is InChI=1S/C13H24N2O4/c1-13(2,3)19-12(18)15-10(11(16)17)8-9-4-6-14-7-5-9/h9-10,14H,4-8H2,1-3H3,(H,15,18)(H,16,17). The number of ether oxygens (including phenoxy) is 1. The third-order valence-corrected chi connectivity index (χ3v) is 3.02. The number of hydrogen-bond donors (Lipinski definition) is 3. The van der Waals surface area contributed by atoms with Gasteiger partial charge < -0.3 is 20.5 Å². The molecule has 0 spiro atoms. The SMILES string of the molecule is CC(C)(C)OC(=O)NC(CC1CCNCC1)C(=O)O. The second kappa shape index (κ2) is 6.75. The van der Waals surface area contributed by atoms with Crippen LogP contribution in [0.25, 0.3) is 0 Å². The quantitative estimate of drug-likeness (QED) is 0.719. The van der Waals surface area contributed by atoms with Gasteiger partial charge >= 0.3 is 12.1 Å². The van der Waals surface area contributed by atoms with Crippen molar-refractivity contribution in [1.29, 1.82) is 0 Å². The van der Waals surface area contributed by atoms with Gasteiger partial charge in [-0.15, -0.1) is 0 Å². The molecule has 0 aromatic heterocycles. The van der Waals surface area contributed by atoms with Crippen LogP contribution in [0.4, 0.5) is 4.79 Å². The van der Waals surface area contributed by atoms with E-state index < -0.39 is 23.7 Å². The zero-order chi connectivity index (χ0) is 14.5. The molecule has 0 aromatic rings. The van der Waals surface area contributed by atoms with E-state index in [9.17, 15) is 9.59 Å². The number of carboxylic acid groups (broad SMARTS) is 1. The van der Waals surface area contributed by atoms with Gasteiger partial charge in [0.05, 0.1) is 0 Å². The molecule has 0 aromatic carbocycles. The number of alkyl carbamates (subject to hydrolysis) is 1. The molecule has 19 heavy (non-hydrogen) atoms. The van der Waals surface area contributed by atoms with Crippen molar-refractivity contribution in [3.05, 3.63) is 0 Å². The van der Waals surface area contributed by atoms with Gasteiger partial charge in [-0.05, 0) is 59.0 Å². The molecule has 0 radical (unpaired) electrons. The van der Waals surface area contributed by atoms with Crippen molar-refractivity contribution in [2.75, 3.05) is 13.1 Å². The van der Waals surface area contributed by atoms with Crippen molar-refractivity contribution in [3.8, 4) is 0 Å². The fourth-order valence-corrected chi connectivity index (χ4v) is 2.12. The first kappa shape index (κ1) is 15.8. The van der Waals surface area contributed by atoms with E-state index in [1.165, 1.54) is 0 Å². The summed E-state index contributed by atoms with van der Waals surface area (Å²) >= 11 is 0. The molecule has 1 aliphatic heterocycles. The number of piperidine rings is 1. The number of aliphatic carboxylic acids is 1. The lowest BCUT2D eigenvalue weighted by molar-refractivity contribution is -0.140. The smallest absolute Gasteiger partial charge is 0.408 e. The topological polar surface area (TPSA) is 87.7 Å². The Morgan fingerprint density at radius 1 is 1.37 bits per heavy atom. The minimum atomic E-state index is -1.01. The van der Waals surface area contributed by atoms with E-state index in [0.29, 0.717) is 12.3 Å². The largest absolute Gasteiger partial charge is 0.480 e. The van der Waals surface area contributed by atoms with Crippen LogP contribution < -0.4 is 10.6 Å². The van der Waals surface area contributed by atoms with E-state index >= 15 is 0 Å². The molecule has 1 aliphatic rings. The van der Waals surface area contributed by atoms with E-state index in [-0.39, 0.29) is 0 Å². The highest BCUT2D eigenvalue weighted by atomic mass is 16.6. The van der Waals surface area contributed by atoms with Crippen molar-refractivity contribution in [1.82, 2.24) is 10.6 Å². The van der Waals surface area contributed by atoms with Crippen LogP contribution in [0.1, 0.15) is 40.0 Å². The van der Waals surface area contributed by atoms with Gasteiger partial charge in [-0.25, -0.2) is 9.59 Å². The molecule has 1 unspecified atom stereocenters. The van der Waals surface area contributed by atoms with Crippen LogP contribution in [0.15, 0.2) is 0 Å². The van der Waals surface area contributed by atoms with E-state index in [1.54, 1.807) is 20.8 Å². The zero-order valence-corrected chi connectivity index (χ0v) is 11.9. The average molecular weight is 272 g/mol. The summed E-state index contributed by atoms with van der Waals surface area (Å²) in [6, 6.07) is -0.877. The predicted octanol–water partition coefficient (Wildman–Crippen LogP) is 1.35. The van der Waals surface area contributed by atoms with Gasteiger partial charge in [-0.2, -0.15) is 0 Å². The van der Waals surface area contributed by atoms with Crippen molar-refractivity contribution in [2.24, 2.45) is 5.92 Å². The van der Waals surface area contributed by atoms with Crippen LogP contribution >= 0.6 is 0 Å². The summed E-state index contributed by atoms with van der Waals surface area (Å²) < 4.78 is 5.08. The van der Waals surface area contributed by atoms with Gasteiger partial charge in [0.15, 0.2) is 0 Å². The molecule has 110 valence electrons. The molecule has 0 bridgehead atoms. The molecule has 6 nitrogen and oxygen atoms in total. The molecule has 0 saturated carbocycles. The molecule has 6 heteroatoms. The highest BCUT2D eigenvalue weighted by Gasteiger charge is 2.27. The molecule has 1 fully saturated rings. The van der Waals surface area contributed by atoms with E-state index in [4.69, 9.17) is 9.84 Å². The van der Waals surface area contributed by atoms with Crippen molar-refractivity contribution < 1.29 is 19.4 Å². The molecule has 1 rings (SSSR count). The summed E-state index contributed by atoms with van der Waals surface area (Å²) in [6.45, 7) is 7.05. The van der Waals surface area contributed by atoms with Gasteiger partial charge in [0.1, 0.15) is 11.6 Å². The molecule has 1 heterocycles. The number of carbonyl (C=O) groups excluding carboxylic acids is 1. The minimum Gasteiger partial charge on any atom is -0.480 e. The Morgan fingerprint density at radius 2 is 1.95 bits per heavy atom. The first-order valence-electron chi connectivity index (χ1n) is 6.71. The maximum Gasteiger partial charge on any atom is 0.408 e. The first-order valence-corrected chi connectivity index (χ1v) is 6.71. The summed E-state index contributed by atoms with van der Waals surface area (Å²) in [7, 11) is 0. The highest BCUT2D eigenvalue weighted by molar-refractivity contribution is 5.80. The minimum absolute atomic E-state index is 0.331. The molecule has 1 saturated heterocycles. The Balaban J connectivity index is 2.48. The lowest BCUT2D eigenvalue weighted by Gasteiger charge is -2.26. The Kier molecular flexibility index (Phi) is 5.60. The third-order valence-electron chi connectivity index (χ3n) is 3.02. The van der Waals surface area contributed by atoms with E-state index in [0.717, 1.165) is 25.9 Å². The van der Waals surface area contributed by atoms with Gasteiger partial charge in [0.25, 0.3) is 0 Å². The second-order valence-corrected chi connectivity index (χ2v) is 5.97. The summed E-state index contributed by atoms with van der Waals surface area (Å²) in [5, 5.41) is 14.8. The van der Waals surface area contributed by atoms with Crippen molar-refractivity contribution >= 4 is 12.1 Å². The van der Waals surface area contributed by atoms with Gasteiger partial charge in [0, 0.05) is 0 Å². The Hall–Kier alpha value is -1.30. The molecular weight excluding hydrogens is 248 g/mol. The fraction of sp³-hybridized carbons (Fsp3) is 0.846. The van der Waals surface area contributed by atoms with E-state index in [2.05, 4.69) is 10.6 Å².